The summed E-state index contributed by atoms with van der Waals surface area (Å²) >= 11 is 0. The normalized spacial score (nSPS) is 13.8. The van der Waals surface area contributed by atoms with Crippen molar-refractivity contribution < 1.29 is 9.46 Å². The second-order valence-corrected chi connectivity index (χ2v) is 4.15. The lowest BCUT2D eigenvalue weighted by Gasteiger charge is -2.10. The molecular weight excluding hydrogens is 123 g/mol. The minimum Gasteiger partial charge on any atom is -0.595 e. The maximum Gasteiger partial charge on any atom is 0.314 e. The molecule has 2 nitrogen and oxygen atoms in total. The molecular formula is C5H11O2P. The highest BCUT2D eigenvalue weighted by atomic mass is 31.1. The van der Waals surface area contributed by atoms with E-state index < -0.39 is 13.2 Å². The van der Waals surface area contributed by atoms with Crippen molar-refractivity contribution in [3.8, 4) is 0 Å². The van der Waals surface area contributed by atoms with E-state index in [1.165, 1.54) is 0 Å². The molecule has 1 unspecified atom stereocenters. The Morgan fingerprint density at radius 2 is 2.00 bits per heavy atom. The van der Waals surface area contributed by atoms with Crippen molar-refractivity contribution in [2.75, 3.05) is 0 Å². The van der Waals surface area contributed by atoms with Crippen LogP contribution in [-0.2, 0) is 4.57 Å². The zero-order valence-corrected chi connectivity index (χ0v) is 6.37. The third-order valence-electron chi connectivity index (χ3n) is 1.36. The van der Waals surface area contributed by atoms with Crippen molar-refractivity contribution in [1.29, 1.82) is 0 Å². The monoisotopic (exact) mass is 134 g/mol. The van der Waals surface area contributed by atoms with E-state index in [2.05, 4.69) is 0 Å². The zero-order chi connectivity index (χ0) is 6.78. The third kappa shape index (κ3) is 1.89. The standard InChI is InChI=1S/C5H11O2P/c1-4-5(2,3)8(6)7/h4H2,1-3H3. The molecule has 1 atom stereocenters. The van der Waals surface area contributed by atoms with Gasteiger partial charge in [0.05, 0.1) is 0 Å². The van der Waals surface area contributed by atoms with Gasteiger partial charge < -0.3 is 4.89 Å². The fraction of sp³-hybridized carbons (Fsp3) is 1.00. The van der Waals surface area contributed by atoms with Crippen molar-refractivity contribution in [3.63, 3.8) is 0 Å². The lowest BCUT2D eigenvalue weighted by atomic mass is 10.1. The summed E-state index contributed by atoms with van der Waals surface area (Å²) in [6, 6.07) is 0. The lowest BCUT2D eigenvalue weighted by molar-refractivity contribution is -0.169. The smallest absolute Gasteiger partial charge is 0.314 e. The van der Waals surface area contributed by atoms with Crippen molar-refractivity contribution >= 4 is 8.03 Å². The first-order valence-corrected chi connectivity index (χ1v) is 3.83. The van der Waals surface area contributed by atoms with Gasteiger partial charge in [-0.1, -0.05) is 11.5 Å². The van der Waals surface area contributed by atoms with Crippen LogP contribution >= 0.6 is 8.03 Å². The van der Waals surface area contributed by atoms with Crippen LogP contribution in [0.25, 0.3) is 0 Å². The van der Waals surface area contributed by atoms with Gasteiger partial charge in [0.2, 0.25) is 0 Å². The minimum absolute atomic E-state index is 0.505. The summed E-state index contributed by atoms with van der Waals surface area (Å²) in [5.41, 5.74) is 0. The average Bonchev–Trinajstić information content (AvgIpc) is 1.67. The summed E-state index contributed by atoms with van der Waals surface area (Å²) in [6.45, 7) is 5.31. The molecule has 0 rings (SSSR count). The molecule has 0 aliphatic carbocycles. The van der Waals surface area contributed by atoms with Crippen LogP contribution in [0.5, 0.6) is 0 Å². The van der Waals surface area contributed by atoms with Gasteiger partial charge in [-0.2, -0.15) is 0 Å². The number of hydrogen-bond acceptors (Lipinski definition) is 2. The molecule has 0 fully saturated rings. The molecule has 0 aliphatic heterocycles. The molecule has 0 heterocycles. The molecule has 0 aromatic heterocycles. The summed E-state index contributed by atoms with van der Waals surface area (Å²) < 4.78 is 10.3. The Morgan fingerprint density at radius 3 is 2.00 bits per heavy atom. The predicted octanol–water partition coefficient (Wildman–Crippen LogP) is 1.28. The first-order valence-electron chi connectivity index (χ1n) is 2.65. The average molecular weight is 134 g/mol. The molecule has 0 aromatic rings. The van der Waals surface area contributed by atoms with Crippen molar-refractivity contribution in [2.45, 2.75) is 32.3 Å². The van der Waals surface area contributed by atoms with Gasteiger partial charge in [0, 0.05) is 0 Å². The van der Waals surface area contributed by atoms with Crippen molar-refractivity contribution in [2.24, 2.45) is 0 Å². The fourth-order valence-electron chi connectivity index (χ4n) is 0.129. The molecule has 0 N–H and O–H groups in total. The fourth-order valence-corrected chi connectivity index (χ4v) is 0.387. The van der Waals surface area contributed by atoms with Gasteiger partial charge in [-0.15, -0.1) is 0 Å². The van der Waals surface area contributed by atoms with Crippen LogP contribution in [-0.4, -0.2) is 5.16 Å². The van der Waals surface area contributed by atoms with Gasteiger partial charge in [-0.05, 0) is 20.3 Å². The van der Waals surface area contributed by atoms with E-state index in [0.29, 0.717) is 6.42 Å². The van der Waals surface area contributed by atoms with Crippen LogP contribution in [0.4, 0.5) is 0 Å². The predicted molar refractivity (Wildman–Crippen MR) is 32.0 cm³/mol. The second kappa shape index (κ2) is 2.56. The molecule has 0 aromatic carbocycles. The maximum absolute atomic E-state index is 10.3. The SMILES string of the molecule is CCC(C)(C)[P+](=O)[O-]. The quantitative estimate of drug-likeness (QED) is 0.533. The van der Waals surface area contributed by atoms with Crippen molar-refractivity contribution in [1.82, 2.24) is 0 Å². The molecule has 0 spiro atoms. The zero-order valence-electron chi connectivity index (χ0n) is 5.47. The summed E-state index contributed by atoms with van der Waals surface area (Å²) in [7, 11) is -2.24. The molecule has 0 aliphatic rings. The number of hydrogen-bond donors (Lipinski definition) is 0. The van der Waals surface area contributed by atoms with E-state index in [-0.39, 0.29) is 0 Å². The Kier molecular flexibility index (Phi) is 2.58. The van der Waals surface area contributed by atoms with Gasteiger partial charge in [0.25, 0.3) is 0 Å². The van der Waals surface area contributed by atoms with E-state index in [9.17, 15) is 9.46 Å². The van der Waals surface area contributed by atoms with Gasteiger partial charge in [0.15, 0.2) is 5.16 Å². The largest absolute Gasteiger partial charge is 0.595 e. The van der Waals surface area contributed by atoms with Gasteiger partial charge in [-0.3, -0.25) is 0 Å². The lowest BCUT2D eigenvalue weighted by Crippen LogP contribution is -2.17. The molecule has 3 heteroatoms. The van der Waals surface area contributed by atoms with Gasteiger partial charge in [-0.25, -0.2) is 0 Å². The summed E-state index contributed by atoms with van der Waals surface area (Å²) in [4.78, 5) is 10.3. The molecule has 8 heavy (non-hydrogen) atoms. The first kappa shape index (κ1) is 8.06. The summed E-state index contributed by atoms with van der Waals surface area (Å²) in [5, 5.41) is -0.505. The Labute approximate surface area is 50.8 Å². The van der Waals surface area contributed by atoms with Crippen LogP contribution in [0, 0.1) is 0 Å². The van der Waals surface area contributed by atoms with E-state index in [4.69, 9.17) is 0 Å². The van der Waals surface area contributed by atoms with E-state index in [1.54, 1.807) is 13.8 Å². The highest BCUT2D eigenvalue weighted by Gasteiger charge is 2.28. The van der Waals surface area contributed by atoms with Gasteiger partial charge in [0.1, 0.15) is 0 Å². The van der Waals surface area contributed by atoms with E-state index >= 15 is 0 Å². The van der Waals surface area contributed by atoms with Crippen LogP contribution in [0.3, 0.4) is 0 Å². The van der Waals surface area contributed by atoms with Gasteiger partial charge >= 0.3 is 8.03 Å². The minimum atomic E-state index is -2.24. The van der Waals surface area contributed by atoms with Crippen LogP contribution in [0.2, 0.25) is 0 Å². The van der Waals surface area contributed by atoms with E-state index in [0.717, 1.165) is 0 Å². The Hall–Kier alpha value is 0.0600. The second-order valence-electron chi connectivity index (χ2n) is 2.42. The highest BCUT2D eigenvalue weighted by molar-refractivity contribution is 7.38. The summed E-state index contributed by atoms with van der Waals surface area (Å²) in [5.74, 6) is 0. The molecule has 0 bridgehead atoms. The van der Waals surface area contributed by atoms with E-state index in [1.807, 2.05) is 6.92 Å². The van der Waals surface area contributed by atoms with Crippen LogP contribution in [0.15, 0.2) is 0 Å². The molecule has 48 valence electrons. The topological polar surface area (TPSA) is 40.1 Å². The third-order valence-corrected chi connectivity index (χ3v) is 2.66. The highest BCUT2D eigenvalue weighted by Crippen LogP contribution is 2.33. The molecule has 0 saturated carbocycles. The van der Waals surface area contributed by atoms with Crippen molar-refractivity contribution in [3.05, 3.63) is 0 Å². The number of rotatable bonds is 2. The Bertz CT molecular complexity index is 98.6. The van der Waals surface area contributed by atoms with Crippen LogP contribution in [0.1, 0.15) is 27.2 Å². The first-order chi connectivity index (χ1) is 3.50. The van der Waals surface area contributed by atoms with Crippen LogP contribution < -0.4 is 4.89 Å². The Balaban J connectivity index is 3.91. The summed E-state index contributed by atoms with van der Waals surface area (Å²) in [6.07, 6.45) is 0.686. The molecule has 0 amide bonds. The molecule has 0 radical (unpaired) electrons. The Morgan fingerprint density at radius 1 is 1.62 bits per heavy atom. The maximum atomic E-state index is 10.3. The molecule has 0 saturated heterocycles.